The molecule has 1 aliphatic heterocycles. The highest BCUT2D eigenvalue weighted by atomic mass is 16.5. The van der Waals surface area contributed by atoms with Crippen LogP contribution in [0.5, 0.6) is 5.75 Å². The molecule has 4 rings (SSSR count). The minimum absolute atomic E-state index is 0.0688. The van der Waals surface area contributed by atoms with E-state index in [9.17, 15) is 4.79 Å². The van der Waals surface area contributed by atoms with Crippen molar-refractivity contribution in [2.24, 2.45) is 0 Å². The van der Waals surface area contributed by atoms with Gasteiger partial charge in [-0.15, -0.1) is 0 Å². The Bertz CT molecular complexity index is 953. The first kappa shape index (κ1) is 19.2. The lowest BCUT2D eigenvalue weighted by molar-refractivity contribution is 0.0712. The smallest absolute Gasteiger partial charge is 0.253 e. The van der Waals surface area contributed by atoms with E-state index in [4.69, 9.17) is 9.26 Å². The number of carbonyl (C=O) groups is 1. The van der Waals surface area contributed by atoms with Gasteiger partial charge < -0.3 is 14.2 Å². The van der Waals surface area contributed by atoms with Crippen LogP contribution in [0.3, 0.4) is 0 Å². The van der Waals surface area contributed by atoms with Gasteiger partial charge in [0, 0.05) is 18.7 Å². The summed E-state index contributed by atoms with van der Waals surface area (Å²) in [5.74, 6) is 2.04. The molecule has 1 aliphatic rings. The van der Waals surface area contributed by atoms with E-state index in [2.05, 4.69) is 29.4 Å². The van der Waals surface area contributed by atoms with Crippen molar-refractivity contribution in [2.45, 2.75) is 39.2 Å². The van der Waals surface area contributed by atoms with Crippen LogP contribution in [-0.4, -0.2) is 29.1 Å². The molecule has 1 aromatic heterocycles. The summed E-state index contributed by atoms with van der Waals surface area (Å²) in [7, 11) is 0. The number of aromatic nitrogens is 1. The summed E-state index contributed by atoms with van der Waals surface area (Å²) in [4.78, 5) is 14.9. The lowest BCUT2D eigenvalue weighted by Gasteiger charge is -2.32. The Morgan fingerprint density at radius 3 is 2.55 bits per heavy atom. The average Bonchev–Trinajstić information content (AvgIpc) is 3.10. The van der Waals surface area contributed by atoms with Gasteiger partial charge in [-0.2, -0.15) is 0 Å². The van der Waals surface area contributed by atoms with Crippen LogP contribution in [0, 0.1) is 13.8 Å². The summed E-state index contributed by atoms with van der Waals surface area (Å²) in [6.45, 7) is 5.71. The van der Waals surface area contributed by atoms with Crippen LogP contribution in [0.15, 0.2) is 59.1 Å². The van der Waals surface area contributed by atoms with E-state index >= 15 is 0 Å². The second-order valence-electron chi connectivity index (χ2n) is 7.60. The predicted molar refractivity (Wildman–Crippen MR) is 111 cm³/mol. The van der Waals surface area contributed by atoms with Crippen molar-refractivity contribution in [3.8, 4) is 5.75 Å². The molecule has 0 unspecified atom stereocenters. The Hall–Kier alpha value is -3.08. The molecule has 1 amide bonds. The summed E-state index contributed by atoms with van der Waals surface area (Å²) < 4.78 is 11.1. The first-order valence-electron chi connectivity index (χ1n) is 10.1. The van der Waals surface area contributed by atoms with Gasteiger partial charge in [0.2, 0.25) is 0 Å². The minimum atomic E-state index is 0.0688. The number of benzene rings is 2. The summed E-state index contributed by atoms with van der Waals surface area (Å²) in [5, 5.41) is 3.95. The van der Waals surface area contributed by atoms with Gasteiger partial charge in [-0.3, -0.25) is 4.79 Å². The summed E-state index contributed by atoms with van der Waals surface area (Å²) >= 11 is 0. The van der Waals surface area contributed by atoms with E-state index in [0.717, 1.165) is 42.9 Å². The third-order valence-electron chi connectivity index (χ3n) is 5.70. The number of carbonyl (C=O) groups excluding carboxylic acids is 1. The molecule has 3 aromatic rings. The quantitative estimate of drug-likeness (QED) is 0.622. The van der Waals surface area contributed by atoms with Crippen molar-refractivity contribution < 1.29 is 14.1 Å². The number of nitrogens with zero attached hydrogens (tertiary/aromatic N) is 2. The summed E-state index contributed by atoms with van der Waals surface area (Å²) in [6, 6.07) is 18.0. The van der Waals surface area contributed by atoms with Crippen molar-refractivity contribution in [3.63, 3.8) is 0 Å². The van der Waals surface area contributed by atoms with E-state index in [1.807, 2.05) is 49.1 Å². The molecule has 5 heteroatoms. The number of amides is 1. The molecular formula is C24H26N2O3. The molecule has 0 spiro atoms. The molecule has 2 aromatic carbocycles. The second-order valence-corrected chi connectivity index (χ2v) is 7.60. The standard InChI is InChI=1S/C24H26N2O3/c1-17-23(18(2)29-25-17)16-28-22-10-6-9-21(15-22)24(27)26-13-11-20(12-14-26)19-7-4-3-5-8-19/h3-10,15,20H,11-14,16H2,1-2H3. The van der Waals surface area contributed by atoms with Crippen molar-refractivity contribution in [2.75, 3.05) is 13.1 Å². The molecule has 150 valence electrons. The maximum absolute atomic E-state index is 13.0. The minimum Gasteiger partial charge on any atom is -0.489 e. The number of hydrogen-bond donors (Lipinski definition) is 0. The van der Waals surface area contributed by atoms with Crippen LogP contribution in [0.2, 0.25) is 0 Å². The second kappa shape index (κ2) is 8.52. The Morgan fingerprint density at radius 1 is 1.10 bits per heavy atom. The monoisotopic (exact) mass is 390 g/mol. The molecule has 0 bridgehead atoms. The number of hydrogen-bond acceptors (Lipinski definition) is 4. The predicted octanol–water partition coefficient (Wildman–Crippen LogP) is 4.89. The largest absolute Gasteiger partial charge is 0.489 e. The lowest BCUT2D eigenvalue weighted by Crippen LogP contribution is -2.37. The van der Waals surface area contributed by atoms with Crippen molar-refractivity contribution in [1.82, 2.24) is 10.1 Å². The van der Waals surface area contributed by atoms with Crippen molar-refractivity contribution >= 4 is 5.91 Å². The fourth-order valence-electron chi connectivity index (χ4n) is 3.91. The lowest BCUT2D eigenvalue weighted by atomic mass is 9.89. The summed E-state index contributed by atoms with van der Waals surface area (Å²) in [6.07, 6.45) is 2.00. The Balaban J connectivity index is 1.37. The summed E-state index contributed by atoms with van der Waals surface area (Å²) in [5.41, 5.74) is 3.81. The van der Waals surface area contributed by atoms with Gasteiger partial charge in [-0.1, -0.05) is 41.6 Å². The first-order valence-corrected chi connectivity index (χ1v) is 10.1. The number of rotatable bonds is 5. The molecule has 0 radical (unpaired) electrons. The number of piperidine rings is 1. The van der Waals surface area contributed by atoms with Crippen LogP contribution < -0.4 is 4.74 Å². The van der Waals surface area contributed by atoms with Gasteiger partial charge >= 0.3 is 0 Å². The zero-order valence-corrected chi connectivity index (χ0v) is 16.9. The fourth-order valence-corrected chi connectivity index (χ4v) is 3.91. The fraction of sp³-hybridized carbons (Fsp3) is 0.333. The SMILES string of the molecule is Cc1noc(C)c1COc1cccc(C(=O)N2CCC(c3ccccc3)CC2)c1. The molecule has 1 saturated heterocycles. The van der Waals surface area contributed by atoms with Gasteiger partial charge in [0.05, 0.1) is 11.3 Å². The van der Waals surface area contributed by atoms with E-state index in [-0.39, 0.29) is 5.91 Å². The third kappa shape index (κ3) is 4.34. The maximum atomic E-state index is 13.0. The van der Waals surface area contributed by atoms with Crippen LogP contribution in [0.1, 0.15) is 51.7 Å². The Kier molecular flexibility index (Phi) is 5.65. The third-order valence-corrected chi connectivity index (χ3v) is 5.70. The van der Waals surface area contributed by atoms with Gasteiger partial charge in [0.25, 0.3) is 5.91 Å². The van der Waals surface area contributed by atoms with Crippen LogP contribution in [0.25, 0.3) is 0 Å². The number of likely N-dealkylation sites (tertiary alicyclic amines) is 1. The molecule has 2 heterocycles. The van der Waals surface area contributed by atoms with E-state index < -0.39 is 0 Å². The number of ether oxygens (including phenoxy) is 1. The highest BCUT2D eigenvalue weighted by Gasteiger charge is 2.24. The van der Waals surface area contributed by atoms with Crippen LogP contribution in [0.4, 0.5) is 0 Å². The highest BCUT2D eigenvalue weighted by molar-refractivity contribution is 5.94. The molecule has 0 aliphatic carbocycles. The molecule has 1 fully saturated rings. The topological polar surface area (TPSA) is 55.6 Å². The zero-order valence-electron chi connectivity index (χ0n) is 16.9. The molecule has 0 N–H and O–H groups in total. The van der Waals surface area contributed by atoms with E-state index in [1.54, 1.807) is 0 Å². The van der Waals surface area contributed by atoms with Gasteiger partial charge in [0.15, 0.2) is 0 Å². The van der Waals surface area contributed by atoms with Gasteiger partial charge in [0.1, 0.15) is 18.1 Å². The molecule has 5 nitrogen and oxygen atoms in total. The Morgan fingerprint density at radius 2 is 1.86 bits per heavy atom. The van der Waals surface area contributed by atoms with E-state index in [1.165, 1.54) is 5.56 Å². The van der Waals surface area contributed by atoms with E-state index in [0.29, 0.717) is 23.8 Å². The maximum Gasteiger partial charge on any atom is 0.253 e. The van der Waals surface area contributed by atoms with Gasteiger partial charge in [-0.25, -0.2) is 0 Å². The van der Waals surface area contributed by atoms with Crippen molar-refractivity contribution in [3.05, 3.63) is 82.7 Å². The molecule has 0 atom stereocenters. The average molecular weight is 390 g/mol. The highest BCUT2D eigenvalue weighted by Crippen LogP contribution is 2.29. The first-order chi connectivity index (χ1) is 14.1. The number of aryl methyl sites for hydroxylation is 2. The molecule has 0 saturated carbocycles. The molecular weight excluding hydrogens is 364 g/mol. The van der Waals surface area contributed by atoms with Crippen molar-refractivity contribution in [1.29, 1.82) is 0 Å². The van der Waals surface area contributed by atoms with Crippen LogP contribution >= 0.6 is 0 Å². The zero-order chi connectivity index (χ0) is 20.2. The van der Waals surface area contributed by atoms with Gasteiger partial charge in [-0.05, 0) is 56.4 Å². The Labute approximate surface area is 171 Å². The van der Waals surface area contributed by atoms with Crippen LogP contribution in [-0.2, 0) is 6.61 Å². The normalized spacial score (nSPS) is 14.8. The molecule has 29 heavy (non-hydrogen) atoms.